The van der Waals surface area contributed by atoms with Crippen LogP contribution in [0.15, 0.2) is 22.7 Å². The largest absolute Gasteiger partial charge is 0.444 e. The average molecular weight is 446 g/mol. The van der Waals surface area contributed by atoms with Crippen LogP contribution in [0.4, 0.5) is 10.6 Å². The average Bonchev–Trinajstić information content (AvgIpc) is 3.01. The topological polar surface area (TPSA) is 102 Å². The summed E-state index contributed by atoms with van der Waals surface area (Å²) in [5.41, 5.74) is 3.71. The molecule has 9 heteroatoms. The predicted molar refractivity (Wildman–Crippen MR) is 121 cm³/mol. The summed E-state index contributed by atoms with van der Waals surface area (Å²) in [5.74, 6) is 1.30. The summed E-state index contributed by atoms with van der Waals surface area (Å²) in [6.07, 6.45) is 1.22. The molecule has 2 aromatic heterocycles. The molecular weight excluding hydrogens is 418 g/mol. The second-order valence-electron chi connectivity index (χ2n) is 8.33. The molecule has 2 N–H and O–H groups in total. The van der Waals surface area contributed by atoms with E-state index in [4.69, 9.17) is 20.9 Å². The van der Waals surface area contributed by atoms with Crippen LogP contribution in [-0.2, 0) is 4.74 Å². The summed E-state index contributed by atoms with van der Waals surface area (Å²) in [6.45, 7) is 10.5. The maximum absolute atomic E-state index is 11.6. The van der Waals surface area contributed by atoms with Gasteiger partial charge in [-0.3, -0.25) is 0 Å². The zero-order chi connectivity index (χ0) is 22.6. The first-order chi connectivity index (χ1) is 14.6. The molecule has 166 valence electrons. The van der Waals surface area contributed by atoms with Crippen molar-refractivity contribution in [1.29, 1.82) is 0 Å². The first-order valence-corrected chi connectivity index (χ1v) is 10.6. The lowest BCUT2D eigenvalue weighted by atomic mass is 10.0. The number of halogens is 1. The SMILES string of the molecule is Cc1noc(C)c1-c1ccc2nc(NCCCCNC(=O)OC(C)(C)C)c(Cl)nc2c1. The van der Waals surface area contributed by atoms with Crippen molar-refractivity contribution < 1.29 is 14.1 Å². The third-order valence-corrected chi connectivity index (χ3v) is 4.77. The smallest absolute Gasteiger partial charge is 0.407 e. The second-order valence-corrected chi connectivity index (χ2v) is 8.69. The Morgan fingerprint density at radius 2 is 1.87 bits per heavy atom. The fraction of sp³-hybridized carbons (Fsp3) is 0.455. The van der Waals surface area contributed by atoms with Crippen molar-refractivity contribution in [1.82, 2.24) is 20.4 Å². The van der Waals surface area contributed by atoms with Gasteiger partial charge in [0.2, 0.25) is 0 Å². The van der Waals surface area contributed by atoms with Gasteiger partial charge in [0.25, 0.3) is 0 Å². The van der Waals surface area contributed by atoms with Crippen LogP contribution in [0, 0.1) is 13.8 Å². The van der Waals surface area contributed by atoms with Crippen LogP contribution in [0.3, 0.4) is 0 Å². The molecule has 0 unspecified atom stereocenters. The number of nitrogens with zero attached hydrogens (tertiary/aromatic N) is 3. The number of anilines is 1. The minimum atomic E-state index is -0.495. The van der Waals surface area contributed by atoms with Crippen LogP contribution >= 0.6 is 11.6 Å². The van der Waals surface area contributed by atoms with Gasteiger partial charge in [-0.05, 0) is 65.2 Å². The van der Waals surface area contributed by atoms with Crippen LogP contribution in [0.2, 0.25) is 5.15 Å². The Morgan fingerprint density at radius 3 is 2.55 bits per heavy atom. The van der Waals surface area contributed by atoms with Crippen molar-refractivity contribution >= 4 is 34.5 Å². The second kappa shape index (κ2) is 9.51. The number of aryl methyl sites for hydroxylation is 2. The molecule has 0 bridgehead atoms. The van der Waals surface area contributed by atoms with E-state index in [0.717, 1.165) is 40.9 Å². The Kier molecular flexibility index (Phi) is 7.00. The van der Waals surface area contributed by atoms with Crippen LogP contribution in [0.5, 0.6) is 0 Å². The molecule has 31 heavy (non-hydrogen) atoms. The molecule has 0 spiro atoms. The molecule has 0 fully saturated rings. The van der Waals surface area contributed by atoms with Crippen molar-refractivity contribution in [2.75, 3.05) is 18.4 Å². The molecule has 1 aromatic carbocycles. The van der Waals surface area contributed by atoms with Crippen LogP contribution in [-0.4, -0.2) is 39.9 Å². The number of hydrogen-bond acceptors (Lipinski definition) is 7. The van der Waals surface area contributed by atoms with Crippen LogP contribution in [0.25, 0.3) is 22.2 Å². The van der Waals surface area contributed by atoms with Crippen LogP contribution in [0.1, 0.15) is 45.1 Å². The number of rotatable bonds is 7. The highest BCUT2D eigenvalue weighted by atomic mass is 35.5. The van der Waals surface area contributed by atoms with Gasteiger partial charge in [-0.1, -0.05) is 22.8 Å². The zero-order valence-electron chi connectivity index (χ0n) is 18.5. The quantitative estimate of drug-likeness (QED) is 0.477. The highest BCUT2D eigenvalue weighted by Crippen LogP contribution is 2.30. The lowest BCUT2D eigenvalue weighted by molar-refractivity contribution is 0.0527. The first kappa shape index (κ1) is 22.8. The summed E-state index contributed by atoms with van der Waals surface area (Å²) in [5, 5.41) is 10.3. The molecule has 0 saturated carbocycles. The lowest BCUT2D eigenvalue weighted by Gasteiger charge is -2.19. The maximum Gasteiger partial charge on any atom is 0.407 e. The van der Waals surface area contributed by atoms with E-state index in [9.17, 15) is 4.79 Å². The third kappa shape index (κ3) is 6.07. The fourth-order valence-electron chi connectivity index (χ4n) is 3.16. The lowest BCUT2D eigenvalue weighted by Crippen LogP contribution is -2.33. The summed E-state index contributed by atoms with van der Waals surface area (Å²) < 4.78 is 10.5. The fourth-order valence-corrected chi connectivity index (χ4v) is 3.36. The number of ether oxygens (including phenoxy) is 1. The molecule has 3 rings (SSSR count). The number of amides is 1. The molecule has 0 aliphatic carbocycles. The number of nitrogens with one attached hydrogen (secondary N) is 2. The van der Waals surface area contributed by atoms with E-state index in [0.29, 0.717) is 29.6 Å². The van der Waals surface area contributed by atoms with E-state index in [1.165, 1.54) is 0 Å². The van der Waals surface area contributed by atoms with Crippen molar-refractivity contribution in [2.45, 2.75) is 53.1 Å². The minimum absolute atomic E-state index is 0.315. The number of aromatic nitrogens is 3. The van der Waals surface area contributed by atoms with Gasteiger partial charge in [0.1, 0.15) is 11.4 Å². The van der Waals surface area contributed by atoms with E-state index in [2.05, 4.69) is 25.8 Å². The monoisotopic (exact) mass is 445 g/mol. The van der Waals surface area contributed by atoms with Crippen LogP contribution < -0.4 is 10.6 Å². The minimum Gasteiger partial charge on any atom is -0.444 e. The van der Waals surface area contributed by atoms with E-state index < -0.39 is 11.7 Å². The maximum atomic E-state index is 11.6. The number of hydrogen-bond donors (Lipinski definition) is 2. The van der Waals surface area contributed by atoms with Gasteiger partial charge in [0.15, 0.2) is 11.0 Å². The Balaban J connectivity index is 1.55. The molecule has 8 nitrogen and oxygen atoms in total. The molecule has 0 aliphatic heterocycles. The van der Waals surface area contributed by atoms with Gasteiger partial charge in [-0.15, -0.1) is 0 Å². The Labute approximate surface area is 186 Å². The number of carbonyl (C=O) groups is 1. The number of unbranched alkanes of at least 4 members (excludes halogenated alkanes) is 1. The summed E-state index contributed by atoms with van der Waals surface area (Å²) in [6, 6.07) is 5.83. The summed E-state index contributed by atoms with van der Waals surface area (Å²) >= 11 is 6.35. The van der Waals surface area contributed by atoms with Crippen molar-refractivity contribution in [3.8, 4) is 11.1 Å². The number of benzene rings is 1. The normalized spacial score (nSPS) is 11.5. The number of fused-ring (bicyclic) bond motifs is 1. The predicted octanol–water partition coefficient (Wildman–Crippen LogP) is 5.27. The molecule has 2 heterocycles. The van der Waals surface area contributed by atoms with Crippen molar-refractivity contribution in [3.63, 3.8) is 0 Å². The van der Waals surface area contributed by atoms with E-state index in [-0.39, 0.29) is 0 Å². The van der Waals surface area contributed by atoms with E-state index >= 15 is 0 Å². The summed E-state index contributed by atoms with van der Waals surface area (Å²) in [4.78, 5) is 20.7. The highest BCUT2D eigenvalue weighted by Gasteiger charge is 2.16. The van der Waals surface area contributed by atoms with Crippen molar-refractivity contribution in [2.24, 2.45) is 0 Å². The molecule has 0 aliphatic rings. The third-order valence-electron chi connectivity index (χ3n) is 4.51. The standard InChI is InChI=1S/C22H28ClN5O3/c1-13-18(14(2)31-28-13)15-8-9-16-17(12-15)26-19(23)20(27-16)24-10-6-7-11-25-21(29)30-22(3,4)5/h8-9,12H,6-7,10-11H2,1-5H3,(H,24,27)(H,25,29). The Morgan fingerprint density at radius 1 is 1.13 bits per heavy atom. The number of carbonyl (C=O) groups excluding carboxylic acids is 1. The van der Waals surface area contributed by atoms with Gasteiger partial charge >= 0.3 is 6.09 Å². The number of alkyl carbamates (subject to hydrolysis) is 1. The zero-order valence-corrected chi connectivity index (χ0v) is 19.3. The van der Waals surface area contributed by atoms with Gasteiger partial charge in [-0.2, -0.15) is 0 Å². The van der Waals surface area contributed by atoms with Gasteiger partial charge in [0, 0.05) is 18.7 Å². The van der Waals surface area contributed by atoms with Crippen molar-refractivity contribution in [3.05, 3.63) is 34.8 Å². The van der Waals surface area contributed by atoms with Gasteiger partial charge in [-0.25, -0.2) is 14.8 Å². The van der Waals surface area contributed by atoms with Gasteiger partial charge in [0.05, 0.1) is 16.7 Å². The Hall–Kier alpha value is -2.87. The molecule has 3 aromatic rings. The molecular formula is C22H28ClN5O3. The Bertz CT molecular complexity index is 1060. The molecule has 0 saturated heterocycles. The first-order valence-electron chi connectivity index (χ1n) is 10.3. The molecule has 1 amide bonds. The summed E-state index contributed by atoms with van der Waals surface area (Å²) in [7, 11) is 0. The molecule has 0 radical (unpaired) electrons. The van der Waals surface area contributed by atoms with E-state index in [1.54, 1.807) is 0 Å². The van der Waals surface area contributed by atoms with E-state index in [1.807, 2.05) is 52.8 Å². The van der Waals surface area contributed by atoms with Gasteiger partial charge < -0.3 is 19.9 Å². The molecule has 0 atom stereocenters. The highest BCUT2D eigenvalue weighted by molar-refractivity contribution is 6.32.